The van der Waals surface area contributed by atoms with Crippen molar-refractivity contribution in [3.63, 3.8) is 0 Å². The van der Waals surface area contributed by atoms with E-state index < -0.39 is 97.5 Å². The SMILES string of the molecule is CCC(C)CCCCCCCCCCCCC(=O)O[C@H](COC(=O)CCCCCCCCCCC(C)CC)COP(=O)(O)OC[C@@H](O)COP(=O)(O)OC[C@@H](COC(=O)CCCCCCCCC(C)C)OC(=O)CCCCCCCCCCCCCCCCC(C)C. The Morgan fingerprint density at radius 1 is 0.304 bits per heavy atom. The fourth-order valence-electron chi connectivity index (χ4n) is 11.0. The van der Waals surface area contributed by atoms with Crippen molar-refractivity contribution in [1.82, 2.24) is 0 Å². The number of carbonyl (C=O) groups is 4. The van der Waals surface area contributed by atoms with Crippen LogP contribution in [0.15, 0.2) is 0 Å². The first-order chi connectivity index (χ1) is 44.2. The van der Waals surface area contributed by atoms with Crippen LogP contribution in [0.3, 0.4) is 0 Å². The van der Waals surface area contributed by atoms with Gasteiger partial charge >= 0.3 is 39.5 Å². The average molecular weight is 1350 g/mol. The number of aliphatic hydroxyl groups is 1. The van der Waals surface area contributed by atoms with Crippen LogP contribution in [0.2, 0.25) is 0 Å². The summed E-state index contributed by atoms with van der Waals surface area (Å²) in [6.07, 6.45) is 45.8. The van der Waals surface area contributed by atoms with E-state index in [9.17, 15) is 43.2 Å². The number of phosphoric ester groups is 2. The summed E-state index contributed by atoms with van der Waals surface area (Å²) in [6.45, 7) is 14.1. The standard InChI is InChI=1S/C73H142O17P2/c1-9-65(7)51-43-35-26-20-17-18-22-30-40-48-56-73(78)89-68(59-83-70(75)53-45-37-28-24-23-27-36-44-52-66(8)10-2)61-87-91(79,80)85-57-67(74)58-86-92(81,82)88-62-69(60-84-71(76)54-46-38-32-31-34-42-50-64(5)6)90-72(77)55-47-39-29-21-16-14-12-11-13-15-19-25-33-41-49-63(3)4/h63-69,74H,9-62H2,1-8H3,(H,79,80)(H,81,82)/t65?,66?,67-,68-,69-/m1/s1. The molecule has 0 saturated heterocycles. The molecular weight excluding hydrogens is 1210 g/mol. The summed E-state index contributed by atoms with van der Waals surface area (Å²) in [5.41, 5.74) is 0. The van der Waals surface area contributed by atoms with E-state index in [1.807, 2.05) is 0 Å². The van der Waals surface area contributed by atoms with Crippen molar-refractivity contribution in [2.75, 3.05) is 39.6 Å². The Morgan fingerprint density at radius 3 is 0.772 bits per heavy atom. The lowest BCUT2D eigenvalue weighted by atomic mass is 9.99. The maximum atomic E-state index is 13.0. The Balaban J connectivity index is 5.24. The van der Waals surface area contributed by atoms with E-state index in [0.717, 1.165) is 114 Å². The Bertz CT molecular complexity index is 1820. The summed E-state index contributed by atoms with van der Waals surface area (Å²) in [4.78, 5) is 72.7. The molecule has 0 rings (SSSR count). The monoisotopic (exact) mass is 1350 g/mol. The lowest BCUT2D eigenvalue weighted by Gasteiger charge is -2.21. The molecule has 92 heavy (non-hydrogen) atoms. The predicted molar refractivity (Wildman–Crippen MR) is 372 cm³/mol. The van der Waals surface area contributed by atoms with Crippen molar-refractivity contribution in [3.05, 3.63) is 0 Å². The van der Waals surface area contributed by atoms with Crippen molar-refractivity contribution in [2.45, 2.75) is 382 Å². The normalized spacial score (nSPS) is 14.8. The molecule has 0 aromatic rings. The highest BCUT2D eigenvalue weighted by atomic mass is 31.2. The Kier molecular flexibility index (Phi) is 61.3. The molecule has 0 aliphatic carbocycles. The van der Waals surface area contributed by atoms with E-state index in [-0.39, 0.29) is 25.7 Å². The van der Waals surface area contributed by atoms with Gasteiger partial charge in [-0.15, -0.1) is 0 Å². The van der Waals surface area contributed by atoms with Gasteiger partial charge in [0.2, 0.25) is 0 Å². The lowest BCUT2D eigenvalue weighted by Crippen LogP contribution is -2.30. The van der Waals surface area contributed by atoms with Crippen molar-refractivity contribution < 1.29 is 80.2 Å². The van der Waals surface area contributed by atoms with Crippen molar-refractivity contribution >= 4 is 39.5 Å². The molecule has 0 radical (unpaired) electrons. The molecule has 19 heteroatoms. The second-order valence-corrected chi connectivity index (χ2v) is 30.7. The topological polar surface area (TPSA) is 237 Å². The number of ether oxygens (including phenoxy) is 4. The van der Waals surface area contributed by atoms with Gasteiger partial charge in [0.15, 0.2) is 12.2 Å². The van der Waals surface area contributed by atoms with Crippen molar-refractivity contribution in [3.8, 4) is 0 Å². The first kappa shape index (κ1) is 90.1. The molecule has 0 aromatic carbocycles. The number of unbranched alkanes of at least 4 members (excludes halogenated alkanes) is 34. The van der Waals surface area contributed by atoms with E-state index in [1.54, 1.807) is 0 Å². The van der Waals surface area contributed by atoms with Gasteiger partial charge in [-0.3, -0.25) is 37.3 Å². The fourth-order valence-corrected chi connectivity index (χ4v) is 12.5. The molecule has 0 bridgehead atoms. The zero-order chi connectivity index (χ0) is 68.2. The minimum Gasteiger partial charge on any atom is -0.462 e. The molecule has 546 valence electrons. The molecule has 0 aliphatic heterocycles. The molecule has 0 aliphatic rings. The Morgan fingerprint density at radius 2 is 0.522 bits per heavy atom. The van der Waals surface area contributed by atoms with Crippen LogP contribution in [0.25, 0.3) is 0 Å². The third kappa shape index (κ3) is 64.1. The quantitative estimate of drug-likeness (QED) is 0.0222. The summed E-state index contributed by atoms with van der Waals surface area (Å²) in [5, 5.41) is 10.6. The van der Waals surface area contributed by atoms with Crippen LogP contribution < -0.4 is 0 Å². The zero-order valence-corrected chi connectivity index (χ0v) is 62.0. The molecule has 0 spiro atoms. The maximum absolute atomic E-state index is 13.0. The molecule has 3 N–H and O–H groups in total. The van der Waals surface area contributed by atoms with Gasteiger partial charge in [0.1, 0.15) is 19.3 Å². The highest BCUT2D eigenvalue weighted by Crippen LogP contribution is 2.45. The van der Waals surface area contributed by atoms with Crippen molar-refractivity contribution in [2.24, 2.45) is 23.7 Å². The van der Waals surface area contributed by atoms with Gasteiger partial charge in [0.05, 0.1) is 26.4 Å². The highest BCUT2D eigenvalue weighted by Gasteiger charge is 2.30. The smallest absolute Gasteiger partial charge is 0.462 e. The average Bonchev–Trinajstić information content (AvgIpc) is 2.23. The van der Waals surface area contributed by atoms with E-state index >= 15 is 0 Å². The number of hydrogen-bond donors (Lipinski definition) is 3. The molecule has 0 heterocycles. The second kappa shape index (κ2) is 62.6. The summed E-state index contributed by atoms with van der Waals surface area (Å²) < 4.78 is 68.4. The van der Waals surface area contributed by atoms with Gasteiger partial charge in [-0.05, 0) is 49.4 Å². The molecule has 0 amide bonds. The van der Waals surface area contributed by atoms with Crippen molar-refractivity contribution in [1.29, 1.82) is 0 Å². The molecule has 7 atom stereocenters. The number of phosphoric acid groups is 2. The van der Waals surface area contributed by atoms with Gasteiger partial charge < -0.3 is 33.8 Å². The third-order valence-corrected chi connectivity index (χ3v) is 19.4. The molecule has 0 saturated carbocycles. The van der Waals surface area contributed by atoms with Crippen LogP contribution in [0, 0.1) is 23.7 Å². The van der Waals surface area contributed by atoms with Gasteiger partial charge in [-0.1, -0.05) is 312 Å². The number of esters is 4. The Hall–Kier alpha value is -1.94. The van der Waals surface area contributed by atoms with E-state index in [0.29, 0.717) is 31.6 Å². The van der Waals surface area contributed by atoms with E-state index in [1.165, 1.54) is 161 Å². The van der Waals surface area contributed by atoms with Crippen LogP contribution in [-0.2, 0) is 65.4 Å². The molecular formula is C73H142O17P2. The molecule has 4 unspecified atom stereocenters. The number of hydrogen-bond acceptors (Lipinski definition) is 15. The summed E-state index contributed by atoms with van der Waals surface area (Å²) in [5.74, 6) is 0.928. The van der Waals surface area contributed by atoms with Crippen LogP contribution in [0.1, 0.15) is 364 Å². The van der Waals surface area contributed by atoms with Gasteiger partial charge in [0.25, 0.3) is 0 Å². The zero-order valence-electron chi connectivity index (χ0n) is 60.2. The molecule has 0 fully saturated rings. The van der Waals surface area contributed by atoms with E-state index in [4.69, 9.17) is 37.0 Å². The van der Waals surface area contributed by atoms with Gasteiger partial charge in [-0.2, -0.15) is 0 Å². The molecule has 17 nitrogen and oxygen atoms in total. The summed E-state index contributed by atoms with van der Waals surface area (Å²) in [6, 6.07) is 0. The minimum absolute atomic E-state index is 0.105. The third-order valence-electron chi connectivity index (χ3n) is 17.5. The number of aliphatic hydroxyl groups excluding tert-OH is 1. The maximum Gasteiger partial charge on any atom is 0.472 e. The van der Waals surface area contributed by atoms with Crippen LogP contribution in [-0.4, -0.2) is 96.7 Å². The highest BCUT2D eigenvalue weighted by molar-refractivity contribution is 7.47. The van der Waals surface area contributed by atoms with Crippen LogP contribution in [0.5, 0.6) is 0 Å². The predicted octanol–water partition coefficient (Wildman–Crippen LogP) is 20.9. The van der Waals surface area contributed by atoms with E-state index in [2.05, 4.69) is 55.4 Å². The summed E-state index contributed by atoms with van der Waals surface area (Å²) >= 11 is 0. The Labute approximate surface area is 562 Å². The first-order valence-electron chi connectivity index (χ1n) is 37.8. The van der Waals surface area contributed by atoms with Crippen LogP contribution in [0.4, 0.5) is 0 Å². The van der Waals surface area contributed by atoms with Crippen LogP contribution >= 0.6 is 15.6 Å². The fraction of sp³-hybridized carbons (Fsp3) is 0.945. The summed E-state index contributed by atoms with van der Waals surface area (Å²) in [7, 11) is -9.91. The second-order valence-electron chi connectivity index (χ2n) is 27.8. The van der Waals surface area contributed by atoms with Gasteiger partial charge in [-0.25, -0.2) is 9.13 Å². The van der Waals surface area contributed by atoms with Gasteiger partial charge in [0, 0.05) is 25.7 Å². The lowest BCUT2D eigenvalue weighted by molar-refractivity contribution is -0.161. The first-order valence-corrected chi connectivity index (χ1v) is 40.8. The largest absolute Gasteiger partial charge is 0.472 e. The number of rotatable bonds is 70. The molecule has 0 aromatic heterocycles. The minimum atomic E-state index is -4.95. The number of carbonyl (C=O) groups excluding carboxylic acids is 4.